The summed E-state index contributed by atoms with van der Waals surface area (Å²) in [4.78, 5) is 12.2. The fourth-order valence-electron chi connectivity index (χ4n) is 2.06. The van der Waals surface area contributed by atoms with Crippen LogP contribution >= 0.6 is 0 Å². The van der Waals surface area contributed by atoms with E-state index in [0.29, 0.717) is 11.3 Å². The van der Waals surface area contributed by atoms with E-state index in [9.17, 15) is 9.90 Å². The van der Waals surface area contributed by atoms with Crippen LogP contribution < -0.4 is 5.32 Å². The van der Waals surface area contributed by atoms with E-state index in [4.69, 9.17) is 0 Å². The lowest BCUT2D eigenvalue weighted by molar-refractivity contribution is 0.00591. The zero-order chi connectivity index (χ0) is 14.8. The summed E-state index contributed by atoms with van der Waals surface area (Å²) in [5.41, 5.74) is 1.25. The van der Waals surface area contributed by atoms with Gasteiger partial charge in [0.15, 0.2) is 0 Å². The van der Waals surface area contributed by atoms with Crippen LogP contribution in [0, 0.1) is 19.8 Å². The van der Waals surface area contributed by atoms with Gasteiger partial charge in [-0.05, 0) is 26.7 Å². The quantitative estimate of drug-likeness (QED) is 0.851. The first kappa shape index (κ1) is 15.7. The first-order chi connectivity index (χ1) is 8.70. The summed E-state index contributed by atoms with van der Waals surface area (Å²) in [5, 5.41) is 17.3. The molecule has 108 valence electrons. The maximum atomic E-state index is 12.2. The molecular weight excluding hydrogens is 242 g/mol. The minimum absolute atomic E-state index is 0.129. The molecule has 0 radical (unpaired) electrons. The van der Waals surface area contributed by atoms with Crippen molar-refractivity contribution >= 4 is 5.91 Å². The van der Waals surface area contributed by atoms with Gasteiger partial charge in [0.05, 0.1) is 16.9 Å². The average molecular weight is 267 g/mol. The van der Waals surface area contributed by atoms with E-state index in [0.717, 1.165) is 12.1 Å². The van der Waals surface area contributed by atoms with Gasteiger partial charge in [0.2, 0.25) is 0 Å². The molecule has 0 aliphatic heterocycles. The van der Waals surface area contributed by atoms with Crippen molar-refractivity contribution in [2.24, 2.45) is 13.0 Å². The highest BCUT2D eigenvalue weighted by atomic mass is 16.3. The summed E-state index contributed by atoms with van der Waals surface area (Å²) >= 11 is 0. The Hall–Kier alpha value is -1.36. The normalized spacial score (nSPS) is 15.9. The lowest BCUT2D eigenvalue weighted by Gasteiger charge is -2.29. The second-order valence-corrected chi connectivity index (χ2v) is 5.52. The topological polar surface area (TPSA) is 67.2 Å². The Kier molecular flexibility index (Phi) is 4.74. The smallest absolute Gasteiger partial charge is 0.255 e. The summed E-state index contributed by atoms with van der Waals surface area (Å²) < 4.78 is 1.69. The van der Waals surface area contributed by atoms with E-state index < -0.39 is 5.60 Å². The van der Waals surface area contributed by atoms with Gasteiger partial charge >= 0.3 is 0 Å². The van der Waals surface area contributed by atoms with Crippen LogP contribution in [0.5, 0.6) is 0 Å². The van der Waals surface area contributed by atoms with Gasteiger partial charge < -0.3 is 10.4 Å². The molecule has 0 bridgehead atoms. The summed E-state index contributed by atoms with van der Waals surface area (Å²) in [6.07, 6.45) is 0.869. The van der Waals surface area contributed by atoms with Crippen molar-refractivity contribution in [3.8, 4) is 0 Å². The van der Waals surface area contributed by atoms with Crippen molar-refractivity contribution in [3.63, 3.8) is 0 Å². The van der Waals surface area contributed by atoms with Crippen molar-refractivity contribution < 1.29 is 9.90 Å². The third-order valence-corrected chi connectivity index (χ3v) is 4.02. The molecule has 5 heteroatoms. The predicted octanol–water partition coefficient (Wildman–Crippen LogP) is 1.56. The van der Waals surface area contributed by atoms with Gasteiger partial charge in [-0.25, -0.2) is 0 Å². The highest BCUT2D eigenvalue weighted by molar-refractivity contribution is 5.96. The number of nitrogens with zero attached hydrogens (tertiary/aromatic N) is 2. The number of amides is 1. The molecule has 0 aliphatic carbocycles. The molecule has 0 saturated heterocycles. The standard InChI is InChI=1S/C14H25N3O2/c1-7-9(2)14(5,19)8-15-13(18)12-10(3)16-17(6)11(12)4/h9,19H,7-8H2,1-6H3,(H,15,18). The van der Waals surface area contributed by atoms with E-state index in [1.165, 1.54) is 0 Å². The number of rotatable bonds is 5. The van der Waals surface area contributed by atoms with Crippen LogP contribution in [0.15, 0.2) is 0 Å². The summed E-state index contributed by atoms with van der Waals surface area (Å²) in [6.45, 7) is 9.68. The molecule has 2 unspecified atom stereocenters. The number of nitrogens with one attached hydrogen (secondary N) is 1. The average Bonchev–Trinajstić information content (AvgIpc) is 2.59. The van der Waals surface area contributed by atoms with Crippen molar-refractivity contribution in [2.45, 2.75) is 46.6 Å². The molecule has 1 rings (SSSR count). The van der Waals surface area contributed by atoms with Gasteiger partial charge in [0.25, 0.3) is 5.91 Å². The molecule has 0 fully saturated rings. The minimum atomic E-state index is -0.894. The van der Waals surface area contributed by atoms with E-state index in [2.05, 4.69) is 10.4 Å². The third kappa shape index (κ3) is 3.35. The van der Waals surface area contributed by atoms with E-state index in [-0.39, 0.29) is 18.4 Å². The van der Waals surface area contributed by atoms with Crippen LogP contribution in [-0.4, -0.2) is 32.9 Å². The molecule has 0 saturated carbocycles. The molecular formula is C14H25N3O2. The third-order valence-electron chi connectivity index (χ3n) is 4.02. The van der Waals surface area contributed by atoms with Gasteiger partial charge in [0.1, 0.15) is 0 Å². The van der Waals surface area contributed by atoms with Crippen LogP contribution in [0.4, 0.5) is 0 Å². The number of carbonyl (C=O) groups excluding carboxylic acids is 1. The molecule has 1 aromatic rings. The summed E-state index contributed by atoms with van der Waals surface area (Å²) in [5.74, 6) is -0.0458. The SMILES string of the molecule is CCC(C)C(C)(O)CNC(=O)c1c(C)nn(C)c1C. The highest BCUT2D eigenvalue weighted by Crippen LogP contribution is 2.19. The summed E-state index contributed by atoms with van der Waals surface area (Å²) in [6, 6.07) is 0. The molecule has 1 heterocycles. The van der Waals surface area contributed by atoms with Crippen LogP contribution in [0.3, 0.4) is 0 Å². The number of hydrogen-bond donors (Lipinski definition) is 2. The van der Waals surface area contributed by atoms with E-state index in [1.807, 2.05) is 34.7 Å². The molecule has 0 aromatic carbocycles. The van der Waals surface area contributed by atoms with E-state index in [1.54, 1.807) is 11.6 Å². The number of aliphatic hydroxyl groups is 1. The highest BCUT2D eigenvalue weighted by Gasteiger charge is 2.28. The molecule has 2 atom stereocenters. The Morgan fingerprint density at radius 2 is 2.11 bits per heavy atom. The zero-order valence-corrected chi connectivity index (χ0v) is 12.7. The summed E-state index contributed by atoms with van der Waals surface area (Å²) in [7, 11) is 1.81. The van der Waals surface area contributed by atoms with Crippen LogP contribution in [-0.2, 0) is 7.05 Å². The van der Waals surface area contributed by atoms with E-state index >= 15 is 0 Å². The van der Waals surface area contributed by atoms with Crippen LogP contribution in [0.25, 0.3) is 0 Å². The largest absolute Gasteiger partial charge is 0.388 e. The lowest BCUT2D eigenvalue weighted by atomic mass is 9.88. The number of aryl methyl sites for hydroxylation is 2. The molecule has 19 heavy (non-hydrogen) atoms. The Morgan fingerprint density at radius 3 is 2.53 bits per heavy atom. The van der Waals surface area contributed by atoms with Crippen molar-refractivity contribution in [1.29, 1.82) is 0 Å². The Labute approximate surface area is 115 Å². The molecule has 5 nitrogen and oxygen atoms in total. The Bertz CT molecular complexity index is 464. The first-order valence-corrected chi connectivity index (χ1v) is 6.71. The number of hydrogen-bond acceptors (Lipinski definition) is 3. The molecule has 0 spiro atoms. The van der Waals surface area contributed by atoms with Gasteiger partial charge in [0, 0.05) is 19.3 Å². The van der Waals surface area contributed by atoms with Gasteiger partial charge in [-0.1, -0.05) is 20.3 Å². The lowest BCUT2D eigenvalue weighted by Crippen LogP contribution is -2.45. The van der Waals surface area contributed by atoms with Gasteiger partial charge in [-0.15, -0.1) is 0 Å². The minimum Gasteiger partial charge on any atom is -0.388 e. The number of carbonyl (C=O) groups is 1. The fourth-order valence-corrected chi connectivity index (χ4v) is 2.06. The maximum Gasteiger partial charge on any atom is 0.255 e. The maximum absolute atomic E-state index is 12.2. The Morgan fingerprint density at radius 1 is 1.53 bits per heavy atom. The van der Waals surface area contributed by atoms with Crippen LogP contribution in [0.2, 0.25) is 0 Å². The predicted molar refractivity (Wildman–Crippen MR) is 75.1 cm³/mol. The second kappa shape index (κ2) is 5.74. The van der Waals surface area contributed by atoms with Gasteiger partial charge in [-0.3, -0.25) is 9.48 Å². The van der Waals surface area contributed by atoms with Crippen molar-refractivity contribution in [1.82, 2.24) is 15.1 Å². The van der Waals surface area contributed by atoms with Crippen LogP contribution in [0.1, 0.15) is 48.9 Å². The molecule has 0 aliphatic rings. The van der Waals surface area contributed by atoms with Crippen molar-refractivity contribution in [2.75, 3.05) is 6.54 Å². The molecule has 1 amide bonds. The van der Waals surface area contributed by atoms with Gasteiger partial charge in [-0.2, -0.15) is 5.10 Å². The van der Waals surface area contributed by atoms with Crippen molar-refractivity contribution in [3.05, 3.63) is 17.0 Å². The Balaban J connectivity index is 2.76. The molecule has 2 N–H and O–H groups in total. The zero-order valence-electron chi connectivity index (χ0n) is 12.7. The second-order valence-electron chi connectivity index (χ2n) is 5.52. The first-order valence-electron chi connectivity index (χ1n) is 6.71. The number of aromatic nitrogens is 2. The molecule has 1 aromatic heterocycles. The monoisotopic (exact) mass is 267 g/mol. The fraction of sp³-hybridized carbons (Fsp3) is 0.714.